The van der Waals surface area contributed by atoms with Crippen molar-refractivity contribution < 1.29 is 9.72 Å². The van der Waals surface area contributed by atoms with Gasteiger partial charge in [0.25, 0.3) is 5.69 Å². The third kappa shape index (κ3) is 5.28. The molecule has 3 rings (SSSR count). The van der Waals surface area contributed by atoms with Crippen LogP contribution in [0.1, 0.15) is 0 Å². The topological polar surface area (TPSA) is 98.0 Å². The number of non-ortho nitro benzene ring substituents is 1. The number of amides is 1. The van der Waals surface area contributed by atoms with E-state index in [1.807, 2.05) is 18.4 Å². The summed E-state index contributed by atoms with van der Waals surface area (Å²) in [5.41, 5.74) is 2.53. The summed E-state index contributed by atoms with van der Waals surface area (Å²) in [5, 5.41) is 14.3. The highest BCUT2D eigenvalue weighted by Crippen LogP contribution is 2.25. The molecule has 138 valence electrons. The van der Waals surface area contributed by atoms with E-state index in [1.165, 1.54) is 47.2 Å². The third-order valence-electron chi connectivity index (χ3n) is 3.48. The lowest BCUT2D eigenvalue weighted by Gasteiger charge is -2.06. The lowest BCUT2D eigenvalue weighted by atomic mass is 10.1. The van der Waals surface area contributed by atoms with E-state index in [1.54, 1.807) is 24.3 Å². The number of aromatic nitrogens is 2. The van der Waals surface area contributed by atoms with Gasteiger partial charge in [-0.3, -0.25) is 14.9 Å². The second kappa shape index (κ2) is 8.98. The maximum atomic E-state index is 12.1. The second-order valence-electron chi connectivity index (χ2n) is 5.27. The number of nitrogens with zero attached hydrogens (tertiary/aromatic N) is 3. The Labute approximate surface area is 167 Å². The fourth-order valence-corrected chi connectivity index (χ4v) is 4.19. The van der Waals surface area contributed by atoms with Gasteiger partial charge >= 0.3 is 0 Å². The number of anilines is 1. The van der Waals surface area contributed by atoms with Crippen LogP contribution in [0, 0.1) is 10.1 Å². The number of nitro benzene ring substituents is 1. The number of hydrogen-bond acceptors (Lipinski definition) is 8. The van der Waals surface area contributed by atoms with Crippen molar-refractivity contribution in [2.24, 2.45) is 0 Å². The first kappa shape index (κ1) is 19.3. The average molecular weight is 419 g/mol. The molecule has 27 heavy (non-hydrogen) atoms. The van der Waals surface area contributed by atoms with Crippen LogP contribution in [0.5, 0.6) is 0 Å². The highest BCUT2D eigenvalue weighted by molar-refractivity contribution is 8.01. The third-order valence-corrected chi connectivity index (χ3v) is 5.98. The Hall–Kier alpha value is -2.43. The van der Waals surface area contributed by atoms with Crippen molar-refractivity contribution in [1.29, 1.82) is 0 Å². The number of hydrogen-bond donors (Lipinski definition) is 1. The molecule has 0 fully saturated rings. The van der Waals surface area contributed by atoms with Gasteiger partial charge in [-0.2, -0.15) is 4.37 Å². The number of rotatable bonds is 7. The maximum absolute atomic E-state index is 12.1. The van der Waals surface area contributed by atoms with Gasteiger partial charge in [-0.25, -0.2) is 4.98 Å². The van der Waals surface area contributed by atoms with Crippen molar-refractivity contribution in [3.63, 3.8) is 0 Å². The summed E-state index contributed by atoms with van der Waals surface area (Å²) in [6.07, 6.45) is 1.91. The zero-order chi connectivity index (χ0) is 19.2. The van der Waals surface area contributed by atoms with Crippen LogP contribution in [0.25, 0.3) is 11.1 Å². The molecule has 0 saturated heterocycles. The summed E-state index contributed by atoms with van der Waals surface area (Å²) in [5.74, 6) is 0.136. The van der Waals surface area contributed by atoms with Crippen LogP contribution < -0.4 is 5.32 Å². The molecule has 7 nitrogen and oxygen atoms in total. The van der Waals surface area contributed by atoms with E-state index >= 15 is 0 Å². The lowest BCUT2D eigenvalue weighted by molar-refractivity contribution is -0.384. The van der Waals surface area contributed by atoms with E-state index in [-0.39, 0.29) is 17.3 Å². The Morgan fingerprint density at radius 3 is 2.33 bits per heavy atom. The zero-order valence-electron chi connectivity index (χ0n) is 14.1. The molecule has 1 amide bonds. The fourth-order valence-electron chi connectivity index (χ4n) is 2.18. The minimum Gasteiger partial charge on any atom is -0.325 e. The molecule has 0 saturated carbocycles. The van der Waals surface area contributed by atoms with Crippen molar-refractivity contribution in [3.8, 4) is 11.1 Å². The Balaban J connectivity index is 1.56. The summed E-state index contributed by atoms with van der Waals surface area (Å²) in [7, 11) is 0. The van der Waals surface area contributed by atoms with E-state index < -0.39 is 4.92 Å². The number of benzene rings is 2. The van der Waals surface area contributed by atoms with Gasteiger partial charge in [-0.15, -0.1) is 0 Å². The first-order valence-corrected chi connectivity index (χ1v) is 10.7. The monoisotopic (exact) mass is 418 g/mol. The average Bonchev–Trinajstić information content (AvgIpc) is 3.15. The highest BCUT2D eigenvalue weighted by Gasteiger charge is 2.09. The number of thioether (sulfide) groups is 2. The van der Waals surface area contributed by atoms with Gasteiger partial charge < -0.3 is 5.32 Å². The quantitative estimate of drug-likeness (QED) is 0.341. The minimum absolute atomic E-state index is 0.0558. The first-order chi connectivity index (χ1) is 13.0. The van der Waals surface area contributed by atoms with Gasteiger partial charge in [-0.05, 0) is 53.2 Å². The van der Waals surface area contributed by atoms with Gasteiger partial charge in [0.1, 0.15) is 0 Å². The van der Waals surface area contributed by atoms with Crippen LogP contribution in [-0.4, -0.2) is 32.2 Å². The summed E-state index contributed by atoms with van der Waals surface area (Å²) in [6.45, 7) is 0. The number of nitrogens with one attached hydrogen (secondary N) is 1. The molecule has 0 bridgehead atoms. The standard InChI is InChI=1S/C17H14N4O3S3/c1-25-16-19-17(27-20-16)26-10-15(22)18-13-6-2-11(3-7-13)12-4-8-14(9-5-12)21(23)24/h2-9H,10H2,1H3,(H,18,22). The molecule has 2 aromatic carbocycles. The summed E-state index contributed by atoms with van der Waals surface area (Å²) in [6, 6.07) is 13.7. The predicted octanol–water partition coefficient (Wildman–Crippen LogP) is 4.57. The second-order valence-corrected chi connectivity index (χ2v) is 8.01. The van der Waals surface area contributed by atoms with Crippen molar-refractivity contribution in [2.75, 3.05) is 17.3 Å². The molecule has 0 atom stereocenters. The van der Waals surface area contributed by atoms with Crippen molar-refractivity contribution in [1.82, 2.24) is 9.36 Å². The Bertz CT molecular complexity index is 943. The molecule has 10 heteroatoms. The van der Waals surface area contributed by atoms with Gasteiger partial charge in [-0.1, -0.05) is 35.7 Å². The van der Waals surface area contributed by atoms with Gasteiger partial charge in [0.2, 0.25) is 11.1 Å². The molecular weight excluding hydrogens is 404 g/mol. The Morgan fingerprint density at radius 1 is 1.15 bits per heavy atom. The zero-order valence-corrected chi connectivity index (χ0v) is 16.6. The fraction of sp³-hybridized carbons (Fsp3) is 0.118. The van der Waals surface area contributed by atoms with Crippen LogP contribution in [-0.2, 0) is 4.79 Å². The molecule has 0 aliphatic carbocycles. The molecule has 0 aliphatic heterocycles. The molecule has 1 aromatic heterocycles. The van der Waals surface area contributed by atoms with E-state index in [0.717, 1.165) is 15.5 Å². The predicted molar refractivity (Wildman–Crippen MR) is 110 cm³/mol. The number of carbonyl (C=O) groups is 1. The van der Waals surface area contributed by atoms with Crippen molar-refractivity contribution in [3.05, 3.63) is 58.6 Å². The van der Waals surface area contributed by atoms with Crippen LogP contribution in [0.4, 0.5) is 11.4 Å². The maximum Gasteiger partial charge on any atom is 0.269 e. The van der Waals surface area contributed by atoms with E-state index in [4.69, 9.17) is 0 Å². The molecule has 0 radical (unpaired) electrons. The SMILES string of the molecule is CSc1nsc(SCC(=O)Nc2ccc(-c3ccc([N+](=O)[O-])cc3)cc2)n1. The Morgan fingerprint density at radius 2 is 1.78 bits per heavy atom. The van der Waals surface area contributed by atoms with Crippen LogP contribution in [0.15, 0.2) is 58.0 Å². The largest absolute Gasteiger partial charge is 0.325 e. The van der Waals surface area contributed by atoms with Gasteiger partial charge in [0, 0.05) is 17.8 Å². The number of nitro groups is 1. The molecule has 0 spiro atoms. The van der Waals surface area contributed by atoms with Crippen LogP contribution in [0.2, 0.25) is 0 Å². The molecule has 0 aliphatic rings. The van der Waals surface area contributed by atoms with E-state index in [0.29, 0.717) is 10.8 Å². The molecule has 1 heterocycles. The summed E-state index contributed by atoms with van der Waals surface area (Å²) in [4.78, 5) is 26.6. The Kier molecular flexibility index (Phi) is 6.43. The molecule has 1 N–H and O–H groups in total. The van der Waals surface area contributed by atoms with Gasteiger partial charge in [0.15, 0.2) is 4.34 Å². The van der Waals surface area contributed by atoms with Gasteiger partial charge in [0.05, 0.1) is 10.7 Å². The first-order valence-electron chi connectivity index (χ1n) is 7.70. The van der Waals surface area contributed by atoms with Crippen LogP contribution in [0.3, 0.4) is 0 Å². The normalized spacial score (nSPS) is 10.6. The lowest BCUT2D eigenvalue weighted by Crippen LogP contribution is -2.13. The highest BCUT2D eigenvalue weighted by atomic mass is 32.2. The molecular formula is C17H14N4O3S3. The molecule has 0 unspecified atom stereocenters. The number of carbonyl (C=O) groups excluding carboxylic acids is 1. The van der Waals surface area contributed by atoms with Crippen molar-refractivity contribution >= 4 is 52.3 Å². The summed E-state index contributed by atoms with van der Waals surface area (Å²) < 4.78 is 4.92. The minimum atomic E-state index is -0.426. The van der Waals surface area contributed by atoms with E-state index in [9.17, 15) is 14.9 Å². The van der Waals surface area contributed by atoms with Crippen LogP contribution >= 0.6 is 35.1 Å². The smallest absolute Gasteiger partial charge is 0.269 e. The molecule has 3 aromatic rings. The summed E-state index contributed by atoms with van der Waals surface area (Å²) >= 11 is 4.10. The van der Waals surface area contributed by atoms with E-state index in [2.05, 4.69) is 14.7 Å². The van der Waals surface area contributed by atoms with Crippen molar-refractivity contribution in [2.45, 2.75) is 9.50 Å².